The largest absolute Gasteiger partial charge is 0.459 e. The zero-order valence-corrected chi connectivity index (χ0v) is 17.4. The molecule has 0 aliphatic carbocycles. The molecule has 8 heteroatoms. The van der Waals surface area contributed by atoms with E-state index in [1.54, 1.807) is 48.0 Å². The summed E-state index contributed by atoms with van der Waals surface area (Å²) in [7, 11) is 0. The molecule has 0 aliphatic rings. The van der Waals surface area contributed by atoms with Crippen molar-refractivity contribution in [2.75, 3.05) is 10.6 Å². The molecule has 2 amide bonds. The monoisotopic (exact) mass is 434 g/mol. The molecular weight excluding hydrogens is 416 g/mol. The van der Waals surface area contributed by atoms with E-state index in [-0.39, 0.29) is 22.7 Å². The molecule has 2 aromatic heterocycles. The summed E-state index contributed by atoms with van der Waals surface area (Å²) in [5.41, 5.74) is 2.89. The summed E-state index contributed by atoms with van der Waals surface area (Å²) in [4.78, 5) is 25.0. The van der Waals surface area contributed by atoms with Crippen LogP contribution in [-0.4, -0.2) is 21.6 Å². The molecule has 31 heavy (non-hydrogen) atoms. The number of carbonyl (C=O) groups is 2. The molecule has 0 atom stereocenters. The molecular formula is C23H19ClN4O3. The topological polar surface area (TPSA) is 89.2 Å². The van der Waals surface area contributed by atoms with Gasteiger partial charge in [-0.3, -0.25) is 9.59 Å². The number of hydrogen-bond donors (Lipinski definition) is 2. The number of nitrogens with zero attached hydrogens (tertiary/aromatic N) is 2. The van der Waals surface area contributed by atoms with Crippen LogP contribution in [-0.2, 0) is 6.54 Å². The van der Waals surface area contributed by atoms with Crippen LogP contribution in [0.3, 0.4) is 0 Å². The number of halogens is 1. The quantitative estimate of drug-likeness (QED) is 0.447. The minimum absolute atomic E-state index is 0.197. The van der Waals surface area contributed by atoms with Crippen molar-refractivity contribution in [1.82, 2.24) is 9.78 Å². The molecule has 0 fully saturated rings. The van der Waals surface area contributed by atoms with Crippen molar-refractivity contribution in [3.05, 3.63) is 101 Å². The molecule has 156 valence electrons. The summed E-state index contributed by atoms with van der Waals surface area (Å²) < 4.78 is 6.68. The van der Waals surface area contributed by atoms with Crippen molar-refractivity contribution in [3.8, 4) is 0 Å². The average molecular weight is 435 g/mol. The van der Waals surface area contributed by atoms with Crippen molar-refractivity contribution in [1.29, 1.82) is 0 Å². The van der Waals surface area contributed by atoms with E-state index < -0.39 is 0 Å². The predicted octanol–water partition coefficient (Wildman–Crippen LogP) is 4.99. The number of aromatic nitrogens is 2. The molecule has 4 rings (SSSR count). The Morgan fingerprint density at radius 3 is 2.35 bits per heavy atom. The lowest BCUT2D eigenvalue weighted by atomic mass is 10.2. The highest BCUT2D eigenvalue weighted by Gasteiger charge is 2.21. The molecule has 0 aliphatic heterocycles. The van der Waals surface area contributed by atoms with Gasteiger partial charge in [-0.1, -0.05) is 48.0 Å². The number of anilines is 2. The average Bonchev–Trinajstić information content (AvgIpc) is 3.38. The standard InChI is InChI=1S/C23H19ClN4O3/c1-15-20(21(24)28(27-15)14-16-7-3-2-4-8-16)23(30)26-18-10-5-9-17(13-18)25-22(29)19-11-6-12-31-19/h2-13H,14H2,1H3,(H,25,29)(H,26,30). The van der Waals surface area contributed by atoms with E-state index in [0.29, 0.717) is 29.2 Å². The van der Waals surface area contributed by atoms with Crippen LogP contribution in [0.1, 0.15) is 32.2 Å². The third-order valence-corrected chi connectivity index (χ3v) is 4.98. The molecule has 0 spiro atoms. The molecule has 0 radical (unpaired) electrons. The number of nitrogens with one attached hydrogen (secondary N) is 2. The van der Waals surface area contributed by atoms with Crippen molar-refractivity contribution in [3.63, 3.8) is 0 Å². The lowest BCUT2D eigenvalue weighted by molar-refractivity contribution is 0.0995. The Bertz CT molecular complexity index is 1220. The summed E-state index contributed by atoms with van der Waals surface area (Å²) >= 11 is 6.47. The molecule has 0 saturated heterocycles. The van der Waals surface area contributed by atoms with Gasteiger partial charge in [0.1, 0.15) is 5.15 Å². The first-order valence-electron chi connectivity index (χ1n) is 9.54. The number of amides is 2. The van der Waals surface area contributed by atoms with Gasteiger partial charge < -0.3 is 15.1 Å². The fraction of sp³-hybridized carbons (Fsp3) is 0.0870. The Morgan fingerprint density at radius 1 is 0.968 bits per heavy atom. The maximum absolute atomic E-state index is 12.9. The first kappa shape index (κ1) is 20.4. The molecule has 0 bridgehead atoms. The summed E-state index contributed by atoms with van der Waals surface area (Å²) in [6, 6.07) is 19.8. The highest BCUT2D eigenvalue weighted by molar-refractivity contribution is 6.33. The van der Waals surface area contributed by atoms with E-state index in [9.17, 15) is 9.59 Å². The van der Waals surface area contributed by atoms with Crippen LogP contribution in [0.4, 0.5) is 11.4 Å². The van der Waals surface area contributed by atoms with Crippen LogP contribution < -0.4 is 10.6 Å². The highest BCUT2D eigenvalue weighted by atomic mass is 35.5. The van der Waals surface area contributed by atoms with Crippen LogP contribution in [0.2, 0.25) is 5.15 Å². The fourth-order valence-electron chi connectivity index (χ4n) is 3.14. The lowest BCUT2D eigenvalue weighted by Crippen LogP contribution is -2.14. The zero-order valence-electron chi connectivity index (χ0n) is 16.6. The van der Waals surface area contributed by atoms with Crippen LogP contribution in [0.15, 0.2) is 77.4 Å². The summed E-state index contributed by atoms with van der Waals surface area (Å²) in [6.07, 6.45) is 1.43. The molecule has 2 aromatic carbocycles. The Balaban J connectivity index is 1.49. The van der Waals surface area contributed by atoms with Crippen LogP contribution in [0.25, 0.3) is 0 Å². The number of furan rings is 1. The maximum Gasteiger partial charge on any atom is 0.291 e. The Hall–Kier alpha value is -3.84. The van der Waals surface area contributed by atoms with E-state index in [0.717, 1.165) is 5.56 Å². The molecule has 2 heterocycles. The second kappa shape index (κ2) is 8.89. The third-order valence-electron chi connectivity index (χ3n) is 4.59. The first-order valence-corrected chi connectivity index (χ1v) is 9.92. The Morgan fingerprint density at radius 2 is 1.68 bits per heavy atom. The van der Waals surface area contributed by atoms with Crippen molar-refractivity contribution in [2.24, 2.45) is 0 Å². The van der Waals surface area contributed by atoms with Gasteiger partial charge in [0, 0.05) is 11.4 Å². The second-order valence-electron chi connectivity index (χ2n) is 6.86. The zero-order chi connectivity index (χ0) is 21.8. The van der Waals surface area contributed by atoms with E-state index in [1.165, 1.54) is 6.26 Å². The molecule has 2 N–H and O–H groups in total. The van der Waals surface area contributed by atoms with E-state index in [1.807, 2.05) is 30.3 Å². The molecule has 0 unspecified atom stereocenters. The van der Waals surface area contributed by atoms with E-state index in [4.69, 9.17) is 16.0 Å². The van der Waals surface area contributed by atoms with Gasteiger partial charge in [0.15, 0.2) is 5.76 Å². The van der Waals surface area contributed by atoms with Gasteiger partial charge >= 0.3 is 0 Å². The van der Waals surface area contributed by atoms with Crippen molar-refractivity contribution in [2.45, 2.75) is 13.5 Å². The van der Waals surface area contributed by atoms with Gasteiger partial charge in [-0.15, -0.1) is 0 Å². The third kappa shape index (κ3) is 4.67. The van der Waals surface area contributed by atoms with E-state index in [2.05, 4.69) is 15.7 Å². The first-order chi connectivity index (χ1) is 15.0. The van der Waals surface area contributed by atoms with Gasteiger partial charge in [0.25, 0.3) is 11.8 Å². The maximum atomic E-state index is 12.9. The summed E-state index contributed by atoms with van der Waals surface area (Å²) in [5.74, 6) is -0.562. The van der Waals surface area contributed by atoms with Gasteiger partial charge in [-0.25, -0.2) is 4.68 Å². The van der Waals surface area contributed by atoms with Gasteiger partial charge in [0.05, 0.1) is 24.1 Å². The van der Waals surface area contributed by atoms with E-state index >= 15 is 0 Å². The van der Waals surface area contributed by atoms with Gasteiger partial charge in [-0.2, -0.15) is 5.10 Å². The van der Waals surface area contributed by atoms with Crippen LogP contribution >= 0.6 is 11.6 Å². The second-order valence-corrected chi connectivity index (χ2v) is 7.22. The van der Waals surface area contributed by atoms with Gasteiger partial charge in [-0.05, 0) is 42.8 Å². The summed E-state index contributed by atoms with van der Waals surface area (Å²) in [6.45, 7) is 2.20. The molecule has 7 nitrogen and oxygen atoms in total. The van der Waals surface area contributed by atoms with Gasteiger partial charge in [0.2, 0.25) is 0 Å². The number of aryl methyl sites for hydroxylation is 1. The smallest absolute Gasteiger partial charge is 0.291 e. The molecule has 0 saturated carbocycles. The lowest BCUT2D eigenvalue weighted by Gasteiger charge is -2.08. The predicted molar refractivity (Wildman–Crippen MR) is 119 cm³/mol. The highest BCUT2D eigenvalue weighted by Crippen LogP contribution is 2.23. The SMILES string of the molecule is Cc1nn(Cc2ccccc2)c(Cl)c1C(=O)Nc1cccc(NC(=O)c2ccco2)c1. The fourth-order valence-corrected chi connectivity index (χ4v) is 3.46. The number of rotatable bonds is 6. The van der Waals surface area contributed by atoms with Crippen LogP contribution in [0.5, 0.6) is 0 Å². The Kier molecular flexibility index (Phi) is 5.86. The normalized spacial score (nSPS) is 10.6. The van der Waals surface area contributed by atoms with Crippen LogP contribution in [0, 0.1) is 6.92 Å². The number of benzene rings is 2. The number of carbonyl (C=O) groups excluding carboxylic acids is 2. The minimum Gasteiger partial charge on any atom is -0.459 e. The molecule has 4 aromatic rings. The van der Waals surface area contributed by atoms with Crippen molar-refractivity contribution >= 4 is 34.8 Å². The Labute approximate surface area is 183 Å². The van der Waals surface area contributed by atoms with Crippen molar-refractivity contribution < 1.29 is 14.0 Å². The number of hydrogen-bond acceptors (Lipinski definition) is 4. The summed E-state index contributed by atoms with van der Waals surface area (Å²) in [5, 5.41) is 10.2. The minimum atomic E-state index is -0.380.